The number of nitrogens with one attached hydrogen (secondary N) is 1. The lowest BCUT2D eigenvalue weighted by atomic mass is 10.2. The molecule has 0 bridgehead atoms. The van der Waals surface area contributed by atoms with Crippen LogP contribution < -0.4 is 5.32 Å². The first-order valence-electron chi connectivity index (χ1n) is 3.87. The van der Waals surface area contributed by atoms with Crippen LogP contribution in [0.3, 0.4) is 0 Å². The molecule has 1 amide bonds. The van der Waals surface area contributed by atoms with E-state index in [-0.39, 0.29) is 0 Å². The van der Waals surface area contributed by atoms with Gasteiger partial charge in [-0.15, -0.1) is 11.3 Å². The largest absolute Gasteiger partial charge is 0.444 e. The van der Waals surface area contributed by atoms with Crippen LogP contribution in [0.2, 0.25) is 0 Å². The van der Waals surface area contributed by atoms with Gasteiger partial charge >= 0.3 is 6.09 Å². The number of thiazole rings is 1. The van der Waals surface area contributed by atoms with Crippen molar-refractivity contribution in [2.75, 3.05) is 5.32 Å². The predicted molar refractivity (Wildman–Crippen MR) is 52.0 cm³/mol. The molecule has 0 aromatic carbocycles. The minimum Gasteiger partial charge on any atom is -0.444 e. The van der Waals surface area contributed by atoms with Crippen LogP contribution in [0, 0.1) is 0 Å². The number of ether oxygens (including phenoxy) is 1. The molecular weight excluding hydrogens is 188 g/mol. The third kappa shape index (κ3) is 3.89. The first-order chi connectivity index (χ1) is 5.97. The summed E-state index contributed by atoms with van der Waals surface area (Å²) in [5.41, 5.74) is -0.471. The van der Waals surface area contributed by atoms with Gasteiger partial charge in [0.15, 0.2) is 5.13 Å². The Morgan fingerprint density at radius 2 is 2.31 bits per heavy atom. The Morgan fingerprint density at radius 3 is 2.77 bits per heavy atom. The topological polar surface area (TPSA) is 51.2 Å². The molecule has 0 spiro atoms. The molecule has 0 fully saturated rings. The van der Waals surface area contributed by atoms with E-state index in [4.69, 9.17) is 4.74 Å². The highest BCUT2D eigenvalue weighted by Gasteiger charge is 2.16. The molecule has 1 heterocycles. The minimum atomic E-state index is -0.471. The van der Waals surface area contributed by atoms with E-state index < -0.39 is 11.7 Å². The highest BCUT2D eigenvalue weighted by Crippen LogP contribution is 2.13. The number of anilines is 1. The van der Waals surface area contributed by atoms with Gasteiger partial charge in [-0.25, -0.2) is 9.78 Å². The van der Waals surface area contributed by atoms with Crippen molar-refractivity contribution in [3.8, 4) is 0 Å². The zero-order valence-electron chi connectivity index (χ0n) is 7.83. The summed E-state index contributed by atoms with van der Waals surface area (Å²) in [5.74, 6) is 0. The van der Waals surface area contributed by atoms with E-state index in [9.17, 15) is 4.79 Å². The van der Waals surface area contributed by atoms with Gasteiger partial charge in [0.05, 0.1) is 0 Å². The molecule has 0 aliphatic heterocycles. The number of hydrogen-bond acceptors (Lipinski definition) is 4. The van der Waals surface area contributed by atoms with E-state index in [0.717, 1.165) is 0 Å². The number of nitrogens with zero attached hydrogens (tertiary/aromatic N) is 1. The highest BCUT2D eigenvalue weighted by molar-refractivity contribution is 7.13. The summed E-state index contributed by atoms with van der Waals surface area (Å²) in [5, 5.41) is 4.86. The second-order valence-corrected chi connectivity index (χ2v) is 4.36. The second-order valence-electron chi connectivity index (χ2n) is 3.46. The first kappa shape index (κ1) is 9.98. The van der Waals surface area contributed by atoms with Crippen molar-refractivity contribution in [3.63, 3.8) is 0 Å². The molecule has 0 saturated heterocycles. The lowest BCUT2D eigenvalue weighted by Crippen LogP contribution is -2.27. The molecule has 0 radical (unpaired) electrons. The van der Waals surface area contributed by atoms with Gasteiger partial charge in [0.2, 0.25) is 0 Å². The van der Waals surface area contributed by atoms with E-state index in [1.807, 2.05) is 20.8 Å². The summed E-state index contributed by atoms with van der Waals surface area (Å²) in [6.07, 6.45) is 1.15. The van der Waals surface area contributed by atoms with Crippen LogP contribution in [-0.4, -0.2) is 16.7 Å². The Kier molecular flexibility index (Phi) is 2.87. The summed E-state index contributed by atoms with van der Waals surface area (Å²) in [7, 11) is 0. The van der Waals surface area contributed by atoms with E-state index in [0.29, 0.717) is 5.13 Å². The molecule has 0 saturated carbocycles. The molecule has 13 heavy (non-hydrogen) atoms. The molecule has 1 rings (SSSR count). The molecule has 0 atom stereocenters. The lowest BCUT2D eigenvalue weighted by Gasteiger charge is -2.18. The molecular formula is C8H12N2O2S. The summed E-state index contributed by atoms with van der Waals surface area (Å²) in [6.45, 7) is 5.44. The fourth-order valence-corrected chi connectivity index (χ4v) is 1.19. The maximum atomic E-state index is 11.2. The predicted octanol–water partition coefficient (Wildman–Crippen LogP) is 2.49. The summed E-state index contributed by atoms with van der Waals surface area (Å²) >= 11 is 1.35. The van der Waals surface area contributed by atoms with Crippen LogP contribution in [-0.2, 0) is 4.74 Å². The Balaban J connectivity index is 2.43. The molecule has 1 aromatic heterocycles. The van der Waals surface area contributed by atoms with Gasteiger partial charge in [0.1, 0.15) is 5.60 Å². The van der Waals surface area contributed by atoms with E-state index in [2.05, 4.69) is 10.3 Å². The Bertz CT molecular complexity index is 277. The fourth-order valence-electron chi connectivity index (χ4n) is 0.676. The summed E-state index contributed by atoms with van der Waals surface area (Å²) in [6, 6.07) is 0. The molecule has 1 aromatic rings. The Hall–Kier alpha value is -1.10. The van der Waals surface area contributed by atoms with Crippen molar-refractivity contribution in [1.82, 2.24) is 4.98 Å². The van der Waals surface area contributed by atoms with Gasteiger partial charge in [0, 0.05) is 11.6 Å². The van der Waals surface area contributed by atoms with Gasteiger partial charge in [-0.05, 0) is 20.8 Å². The second kappa shape index (κ2) is 3.74. The highest BCUT2D eigenvalue weighted by atomic mass is 32.1. The number of rotatable bonds is 1. The van der Waals surface area contributed by atoms with Crippen LogP contribution in [0.5, 0.6) is 0 Å². The molecule has 0 unspecified atom stereocenters. The van der Waals surface area contributed by atoms with Crippen LogP contribution in [0.4, 0.5) is 9.93 Å². The van der Waals surface area contributed by atoms with Gasteiger partial charge in [-0.2, -0.15) is 0 Å². The normalized spacial score (nSPS) is 11.0. The molecule has 4 nitrogen and oxygen atoms in total. The standard InChI is InChI=1S/C8H12N2O2S/c1-8(2,3)12-7(11)10-6-9-4-5-13-6/h4-5H,1-3H3,(H,9,10,11). The molecule has 5 heteroatoms. The van der Waals surface area contributed by atoms with Crippen molar-refractivity contribution in [1.29, 1.82) is 0 Å². The molecule has 0 aliphatic carbocycles. The van der Waals surface area contributed by atoms with Crippen molar-refractivity contribution in [3.05, 3.63) is 11.6 Å². The van der Waals surface area contributed by atoms with Crippen molar-refractivity contribution >= 4 is 22.6 Å². The van der Waals surface area contributed by atoms with Crippen LogP contribution in [0.1, 0.15) is 20.8 Å². The number of carbonyl (C=O) groups excluding carboxylic acids is 1. The SMILES string of the molecule is CC(C)(C)OC(=O)Nc1nccs1. The Morgan fingerprint density at radius 1 is 1.62 bits per heavy atom. The third-order valence-corrected chi connectivity index (χ3v) is 1.73. The maximum Gasteiger partial charge on any atom is 0.413 e. The third-order valence-electron chi connectivity index (χ3n) is 1.04. The smallest absolute Gasteiger partial charge is 0.413 e. The average molecular weight is 200 g/mol. The molecule has 1 N–H and O–H groups in total. The zero-order valence-corrected chi connectivity index (χ0v) is 8.64. The fraction of sp³-hybridized carbons (Fsp3) is 0.500. The number of aromatic nitrogens is 1. The van der Waals surface area contributed by atoms with Crippen LogP contribution in [0.25, 0.3) is 0 Å². The monoisotopic (exact) mass is 200 g/mol. The van der Waals surface area contributed by atoms with Gasteiger partial charge in [0.25, 0.3) is 0 Å². The van der Waals surface area contributed by atoms with Gasteiger partial charge in [-0.3, -0.25) is 5.32 Å². The number of hydrogen-bond donors (Lipinski definition) is 1. The summed E-state index contributed by atoms with van der Waals surface area (Å²) in [4.78, 5) is 15.1. The van der Waals surface area contributed by atoms with E-state index in [1.54, 1.807) is 11.6 Å². The molecule has 72 valence electrons. The van der Waals surface area contributed by atoms with E-state index >= 15 is 0 Å². The minimum absolute atomic E-state index is 0.470. The first-order valence-corrected chi connectivity index (χ1v) is 4.75. The van der Waals surface area contributed by atoms with Crippen molar-refractivity contribution in [2.45, 2.75) is 26.4 Å². The van der Waals surface area contributed by atoms with Crippen LogP contribution in [0.15, 0.2) is 11.6 Å². The molecule has 0 aliphatic rings. The quantitative estimate of drug-likeness (QED) is 0.757. The zero-order chi connectivity index (χ0) is 9.90. The lowest BCUT2D eigenvalue weighted by molar-refractivity contribution is 0.0636. The van der Waals surface area contributed by atoms with Gasteiger partial charge < -0.3 is 4.74 Å². The van der Waals surface area contributed by atoms with E-state index in [1.165, 1.54) is 11.3 Å². The number of carbonyl (C=O) groups is 1. The van der Waals surface area contributed by atoms with Crippen molar-refractivity contribution in [2.24, 2.45) is 0 Å². The summed E-state index contributed by atoms with van der Waals surface area (Å²) < 4.78 is 5.03. The Labute approximate surface area is 80.9 Å². The van der Waals surface area contributed by atoms with Crippen LogP contribution >= 0.6 is 11.3 Å². The number of amides is 1. The van der Waals surface area contributed by atoms with Crippen molar-refractivity contribution < 1.29 is 9.53 Å². The average Bonchev–Trinajstić information content (AvgIpc) is 2.34. The maximum absolute atomic E-state index is 11.2. The van der Waals surface area contributed by atoms with Gasteiger partial charge in [-0.1, -0.05) is 0 Å².